The van der Waals surface area contributed by atoms with E-state index in [1.807, 2.05) is 54.3 Å². The van der Waals surface area contributed by atoms with E-state index in [1.54, 1.807) is 6.20 Å². The van der Waals surface area contributed by atoms with Crippen molar-refractivity contribution in [3.05, 3.63) is 59.9 Å². The first-order valence-electron chi connectivity index (χ1n) is 10.3. The monoisotopic (exact) mass is 417 g/mol. The predicted octanol–water partition coefficient (Wildman–Crippen LogP) is 4.14. The highest BCUT2D eigenvalue weighted by atomic mass is 35.5. The van der Waals surface area contributed by atoms with Crippen LogP contribution in [0.25, 0.3) is 0 Å². The van der Waals surface area contributed by atoms with Gasteiger partial charge in [0.15, 0.2) is 0 Å². The van der Waals surface area contributed by atoms with Gasteiger partial charge in [-0.25, -0.2) is 0 Å². The number of para-hydroxylation sites is 1. The Balaban J connectivity index is 0.00000300. The number of amides is 1. The van der Waals surface area contributed by atoms with Gasteiger partial charge < -0.3 is 15.0 Å². The Labute approximate surface area is 180 Å². The number of carbonyl (C=O) groups excluding carboxylic acids is 1. The summed E-state index contributed by atoms with van der Waals surface area (Å²) < 4.78 is 5.86. The van der Waals surface area contributed by atoms with Gasteiger partial charge in [-0.15, -0.1) is 12.4 Å². The van der Waals surface area contributed by atoms with E-state index in [0.717, 1.165) is 55.8 Å². The van der Waals surface area contributed by atoms with E-state index in [0.29, 0.717) is 19.6 Å². The molecule has 3 rings (SSSR count). The van der Waals surface area contributed by atoms with E-state index >= 15 is 0 Å². The lowest BCUT2D eigenvalue weighted by molar-refractivity contribution is -0.134. The second-order valence-electron chi connectivity index (χ2n) is 7.39. The van der Waals surface area contributed by atoms with Crippen molar-refractivity contribution < 1.29 is 9.53 Å². The molecule has 29 heavy (non-hydrogen) atoms. The van der Waals surface area contributed by atoms with E-state index in [4.69, 9.17) is 4.74 Å². The number of benzene rings is 1. The van der Waals surface area contributed by atoms with Crippen molar-refractivity contribution in [3.8, 4) is 5.75 Å². The van der Waals surface area contributed by atoms with Crippen molar-refractivity contribution in [1.82, 2.24) is 15.2 Å². The molecule has 1 N–H and O–H groups in total. The van der Waals surface area contributed by atoms with E-state index in [9.17, 15) is 4.79 Å². The first-order chi connectivity index (χ1) is 13.7. The standard InChI is InChI=1S/C23H31N3O2.ClH/c1-19-8-2-3-11-22(19)28-17-7-12-23(27)26(18-20-9-4-5-15-25-20)21-10-6-14-24-16-13-21;/h2-5,8-9,11,15,21,24H,6-7,10,12-14,16-18H2,1H3;1H. The van der Waals surface area contributed by atoms with Crippen LogP contribution in [-0.2, 0) is 11.3 Å². The lowest BCUT2D eigenvalue weighted by Crippen LogP contribution is -2.40. The number of nitrogens with one attached hydrogen (secondary N) is 1. The Morgan fingerprint density at radius 3 is 2.79 bits per heavy atom. The van der Waals surface area contributed by atoms with Gasteiger partial charge in [0, 0.05) is 18.7 Å². The lowest BCUT2D eigenvalue weighted by Gasteiger charge is -2.31. The van der Waals surface area contributed by atoms with Gasteiger partial charge in [0.05, 0.1) is 18.8 Å². The fourth-order valence-electron chi connectivity index (χ4n) is 3.67. The van der Waals surface area contributed by atoms with Crippen molar-refractivity contribution in [2.75, 3.05) is 19.7 Å². The zero-order valence-corrected chi connectivity index (χ0v) is 18.0. The summed E-state index contributed by atoms with van der Waals surface area (Å²) in [5, 5.41) is 3.44. The van der Waals surface area contributed by atoms with Crippen molar-refractivity contribution in [1.29, 1.82) is 0 Å². The predicted molar refractivity (Wildman–Crippen MR) is 118 cm³/mol. The highest BCUT2D eigenvalue weighted by molar-refractivity contribution is 5.85. The van der Waals surface area contributed by atoms with Crippen LogP contribution in [0.1, 0.15) is 43.4 Å². The summed E-state index contributed by atoms with van der Waals surface area (Å²) in [5.41, 5.74) is 2.07. The summed E-state index contributed by atoms with van der Waals surface area (Å²) in [6.45, 7) is 5.18. The molecule has 1 fully saturated rings. The van der Waals surface area contributed by atoms with Crippen LogP contribution in [0.3, 0.4) is 0 Å². The van der Waals surface area contributed by atoms with Crippen molar-refractivity contribution in [3.63, 3.8) is 0 Å². The molecule has 0 spiro atoms. The molecule has 0 radical (unpaired) electrons. The van der Waals surface area contributed by atoms with Gasteiger partial charge in [0.2, 0.25) is 5.91 Å². The van der Waals surface area contributed by atoms with Gasteiger partial charge in [-0.2, -0.15) is 0 Å². The number of pyridine rings is 1. The fourth-order valence-corrected chi connectivity index (χ4v) is 3.67. The highest BCUT2D eigenvalue weighted by Crippen LogP contribution is 2.19. The lowest BCUT2D eigenvalue weighted by atomic mass is 10.1. The largest absolute Gasteiger partial charge is 0.493 e. The normalized spacial score (nSPS) is 16.4. The Hall–Kier alpha value is -2.11. The number of hydrogen-bond acceptors (Lipinski definition) is 4. The number of hydrogen-bond donors (Lipinski definition) is 1. The third kappa shape index (κ3) is 7.33. The third-order valence-electron chi connectivity index (χ3n) is 5.25. The van der Waals surface area contributed by atoms with E-state index in [-0.39, 0.29) is 24.4 Å². The molecule has 1 aliphatic rings. The molecule has 1 aromatic heterocycles. The van der Waals surface area contributed by atoms with Crippen molar-refractivity contribution in [2.24, 2.45) is 0 Å². The van der Waals surface area contributed by atoms with Crippen LogP contribution >= 0.6 is 12.4 Å². The Bertz CT molecular complexity index is 734. The molecule has 2 heterocycles. The van der Waals surface area contributed by atoms with Crippen molar-refractivity contribution in [2.45, 2.75) is 51.6 Å². The average molecular weight is 418 g/mol. The molecule has 158 valence electrons. The minimum absolute atomic E-state index is 0. The average Bonchev–Trinajstić information content (AvgIpc) is 3.00. The molecule has 1 atom stereocenters. The van der Waals surface area contributed by atoms with Gasteiger partial charge in [-0.05, 0) is 69.5 Å². The molecule has 1 unspecified atom stereocenters. The van der Waals surface area contributed by atoms with Crippen LogP contribution in [0, 0.1) is 6.92 Å². The van der Waals surface area contributed by atoms with Crippen LogP contribution in [0.5, 0.6) is 5.75 Å². The first-order valence-corrected chi connectivity index (χ1v) is 10.3. The van der Waals surface area contributed by atoms with Crippen LogP contribution in [0.2, 0.25) is 0 Å². The molecule has 1 aliphatic heterocycles. The third-order valence-corrected chi connectivity index (χ3v) is 5.25. The summed E-state index contributed by atoms with van der Waals surface area (Å²) in [5.74, 6) is 1.10. The quantitative estimate of drug-likeness (QED) is 0.656. The summed E-state index contributed by atoms with van der Waals surface area (Å²) in [6, 6.07) is 14.2. The molecule has 2 aromatic rings. The van der Waals surface area contributed by atoms with E-state index in [1.165, 1.54) is 0 Å². The number of nitrogens with zero attached hydrogens (tertiary/aromatic N) is 2. The topological polar surface area (TPSA) is 54.5 Å². The van der Waals surface area contributed by atoms with E-state index in [2.05, 4.69) is 10.3 Å². The molecule has 1 aromatic carbocycles. The number of carbonyl (C=O) groups is 1. The number of aromatic nitrogens is 1. The SMILES string of the molecule is Cc1ccccc1OCCCC(=O)N(Cc1ccccn1)C1CCCNCC1.Cl. The van der Waals surface area contributed by atoms with Crippen LogP contribution < -0.4 is 10.1 Å². The van der Waals surface area contributed by atoms with Crippen LogP contribution in [0.15, 0.2) is 48.7 Å². The molecule has 1 amide bonds. The summed E-state index contributed by atoms with van der Waals surface area (Å²) >= 11 is 0. The van der Waals surface area contributed by atoms with Crippen LogP contribution in [-0.4, -0.2) is 41.5 Å². The molecule has 5 nitrogen and oxygen atoms in total. The fraction of sp³-hybridized carbons (Fsp3) is 0.478. The molecule has 0 aliphatic carbocycles. The Kier molecular flexibility index (Phi) is 9.95. The second kappa shape index (κ2) is 12.5. The van der Waals surface area contributed by atoms with Gasteiger partial charge in [-0.1, -0.05) is 24.3 Å². The Morgan fingerprint density at radius 1 is 1.17 bits per heavy atom. The zero-order chi connectivity index (χ0) is 19.6. The first kappa shape index (κ1) is 23.2. The molecular formula is C23H32ClN3O2. The van der Waals surface area contributed by atoms with Crippen molar-refractivity contribution >= 4 is 18.3 Å². The molecule has 0 bridgehead atoms. The number of halogens is 1. The molecule has 1 saturated heterocycles. The zero-order valence-electron chi connectivity index (χ0n) is 17.2. The van der Waals surface area contributed by atoms with Gasteiger partial charge in [0.25, 0.3) is 0 Å². The molecule has 6 heteroatoms. The number of ether oxygens (including phenoxy) is 1. The molecule has 0 saturated carbocycles. The summed E-state index contributed by atoms with van der Waals surface area (Å²) in [6.07, 6.45) is 6.17. The maximum absolute atomic E-state index is 13.1. The molecular weight excluding hydrogens is 386 g/mol. The smallest absolute Gasteiger partial charge is 0.223 e. The van der Waals surface area contributed by atoms with E-state index < -0.39 is 0 Å². The minimum Gasteiger partial charge on any atom is -0.493 e. The highest BCUT2D eigenvalue weighted by Gasteiger charge is 2.24. The van der Waals surface area contributed by atoms with Gasteiger partial charge in [-0.3, -0.25) is 9.78 Å². The maximum atomic E-state index is 13.1. The number of aryl methyl sites for hydroxylation is 1. The van der Waals surface area contributed by atoms with Gasteiger partial charge >= 0.3 is 0 Å². The number of rotatable bonds is 8. The van der Waals surface area contributed by atoms with Gasteiger partial charge in [0.1, 0.15) is 5.75 Å². The Morgan fingerprint density at radius 2 is 2.00 bits per heavy atom. The second-order valence-corrected chi connectivity index (χ2v) is 7.39. The minimum atomic E-state index is 0. The maximum Gasteiger partial charge on any atom is 0.223 e. The van der Waals surface area contributed by atoms with Crippen LogP contribution in [0.4, 0.5) is 0 Å². The summed E-state index contributed by atoms with van der Waals surface area (Å²) in [7, 11) is 0. The summed E-state index contributed by atoms with van der Waals surface area (Å²) in [4.78, 5) is 19.5.